The van der Waals surface area contributed by atoms with E-state index in [9.17, 15) is 9.90 Å². The molecule has 0 saturated heterocycles. The second-order valence-corrected chi connectivity index (χ2v) is 6.34. The van der Waals surface area contributed by atoms with Crippen LogP contribution in [0.15, 0.2) is 42.5 Å². The standard InChI is InChI=1S/C20H20N2O4/c1-25-16-9-5-7-12(19(16)26-2)17-18-13(10-15(22-17)20(23)24)11-6-3-4-8-14(11)21-18/h3-9,15,17,21-22H,10H2,1-2H3,(H,23,24)/t15-,17-/m1/s1. The molecule has 2 atom stereocenters. The largest absolute Gasteiger partial charge is 0.493 e. The zero-order valence-electron chi connectivity index (χ0n) is 14.6. The monoisotopic (exact) mass is 352 g/mol. The number of hydrogen-bond acceptors (Lipinski definition) is 4. The van der Waals surface area contributed by atoms with E-state index >= 15 is 0 Å². The number of aromatic amines is 1. The van der Waals surface area contributed by atoms with Gasteiger partial charge < -0.3 is 19.6 Å². The van der Waals surface area contributed by atoms with Crippen molar-refractivity contribution in [2.75, 3.05) is 14.2 Å². The highest BCUT2D eigenvalue weighted by Crippen LogP contribution is 2.41. The highest BCUT2D eigenvalue weighted by atomic mass is 16.5. The van der Waals surface area contributed by atoms with Crippen LogP contribution in [0.25, 0.3) is 10.9 Å². The number of aromatic nitrogens is 1. The second-order valence-electron chi connectivity index (χ2n) is 6.34. The van der Waals surface area contributed by atoms with E-state index in [2.05, 4.69) is 10.3 Å². The Bertz CT molecular complexity index is 979. The summed E-state index contributed by atoms with van der Waals surface area (Å²) in [5.41, 5.74) is 3.83. The number of nitrogens with one attached hydrogen (secondary N) is 2. The summed E-state index contributed by atoms with van der Waals surface area (Å²) in [4.78, 5) is 15.2. The summed E-state index contributed by atoms with van der Waals surface area (Å²) in [6, 6.07) is 12.6. The first-order valence-electron chi connectivity index (χ1n) is 8.43. The molecule has 0 amide bonds. The van der Waals surface area contributed by atoms with E-state index in [4.69, 9.17) is 9.47 Å². The van der Waals surface area contributed by atoms with Gasteiger partial charge in [-0.1, -0.05) is 30.3 Å². The summed E-state index contributed by atoms with van der Waals surface area (Å²) in [5, 5.41) is 13.9. The van der Waals surface area contributed by atoms with Crippen LogP contribution < -0.4 is 14.8 Å². The van der Waals surface area contributed by atoms with Gasteiger partial charge in [0.1, 0.15) is 6.04 Å². The van der Waals surface area contributed by atoms with Gasteiger partial charge in [0.15, 0.2) is 11.5 Å². The van der Waals surface area contributed by atoms with Crippen LogP contribution in [-0.2, 0) is 11.2 Å². The van der Waals surface area contributed by atoms with Crippen molar-refractivity contribution in [2.24, 2.45) is 0 Å². The first kappa shape index (κ1) is 16.5. The van der Waals surface area contributed by atoms with Crippen molar-refractivity contribution in [3.63, 3.8) is 0 Å². The fourth-order valence-corrected chi connectivity index (χ4v) is 3.78. The Kier molecular flexibility index (Phi) is 4.05. The Labute approximate surface area is 150 Å². The lowest BCUT2D eigenvalue weighted by Crippen LogP contribution is -2.45. The molecule has 2 aromatic carbocycles. The van der Waals surface area contributed by atoms with E-state index in [1.54, 1.807) is 14.2 Å². The van der Waals surface area contributed by atoms with E-state index in [1.807, 2.05) is 42.5 Å². The van der Waals surface area contributed by atoms with Crippen LogP contribution >= 0.6 is 0 Å². The van der Waals surface area contributed by atoms with Gasteiger partial charge in [0.05, 0.1) is 20.3 Å². The molecule has 6 nitrogen and oxygen atoms in total. The summed E-state index contributed by atoms with van der Waals surface area (Å²) in [6.45, 7) is 0. The molecular formula is C20H20N2O4. The van der Waals surface area contributed by atoms with Gasteiger partial charge in [0.2, 0.25) is 0 Å². The van der Waals surface area contributed by atoms with Crippen molar-refractivity contribution in [3.05, 3.63) is 59.3 Å². The number of fused-ring (bicyclic) bond motifs is 3. The molecule has 134 valence electrons. The molecule has 26 heavy (non-hydrogen) atoms. The van der Waals surface area contributed by atoms with Gasteiger partial charge in [0, 0.05) is 28.6 Å². The molecule has 3 N–H and O–H groups in total. The van der Waals surface area contributed by atoms with Crippen LogP contribution in [0, 0.1) is 0 Å². The number of methoxy groups -OCH3 is 2. The van der Waals surface area contributed by atoms with Gasteiger partial charge in [-0.25, -0.2) is 0 Å². The first-order valence-corrected chi connectivity index (χ1v) is 8.43. The topological polar surface area (TPSA) is 83.6 Å². The predicted octanol–water partition coefficient (Wildman–Crippen LogP) is 2.87. The van der Waals surface area contributed by atoms with Gasteiger partial charge in [-0.05, 0) is 17.7 Å². The summed E-state index contributed by atoms with van der Waals surface area (Å²) < 4.78 is 11.0. The van der Waals surface area contributed by atoms with Crippen LogP contribution in [0.2, 0.25) is 0 Å². The molecule has 4 rings (SSSR count). The third kappa shape index (κ3) is 2.50. The third-order valence-corrected chi connectivity index (χ3v) is 4.95. The molecule has 0 radical (unpaired) electrons. The van der Waals surface area contributed by atoms with Crippen molar-refractivity contribution >= 4 is 16.9 Å². The highest BCUT2D eigenvalue weighted by Gasteiger charge is 2.35. The molecule has 0 saturated carbocycles. The van der Waals surface area contributed by atoms with Gasteiger partial charge in [0.25, 0.3) is 0 Å². The normalized spacial score (nSPS) is 19.2. The summed E-state index contributed by atoms with van der Waals surface area (Å²) >= 11 is 0. The first-order chi connectivity index (χ1) is 12.6. The minimum absolute atomic E-state index is 0.336. The molecule has 1 aromatic heterocycles. The molecule has 0 fully saturated rings. The number of carboxylic acid groups (broad SMARTS) is 1. The van der Waals surface area contributed by atoms with E-state index in [0.29, 0.717) is 17.9 Å². The Morgan fingerprint density at radius 3 is 2.65 bits per heavy atom. The van der Waals surface area contributed by atoms with Gasteiger partial charge in [-0.2, -0.15) is 0 Å². The Morgan fingerprint density at radius 1 is 1.12 bits per heavy atom. The zero-order valence-corrected chi connectivity index (χ0v) is 14.6. The minimum atomic E-state index is -0.868. The van der Waals surface area contributed by atoms with Crippen molar-refractivity contribution < 1.29 is 19.4 Å². The molecule has 6 heteroatoms. The lowest BCUT2D eigenvalue weighted by Gasteiger charge is -2.30. The quantitative estimate of drug-likeness (QED) is 0.672. The smallest absolute Gasteiger partial charge is 0.321 e. The number of benzene rings is 2. The fourth-order valence-electron chi connectivity index (χ4n) is 3.78. The molecule has 0 bridgehead atoms. The van der Waals surface area contributed by atoms with Crippen LogP contribution in [0.5, 0.6) is 11.5 Å². The fraction of sp³-hybridized carbons (Fsp3) is 0.250. The molecule has 2 heterocycles. The zero-order chi connectivity index (χ0) is 18.3. The number of para-hydroxylation sites is 2. The van der Waals surface area contributed by atoms with Crippen molar-refractivity contribution in [3.8, 4) is 11.5 Å². The Morgan fingerprint density at radius 2 is 1.92 bits per heavy atom. The Balaban J connectivity index is 1.93. The molecule has 0 aliphatic carbocycles. The van der Waals surface area contributed by atoms with Crippen LogP contribution in [0.4, 0.5) is 0 Å². The maximum Gasteiger partial charge on any atom is 0.321 e. The lowest BCUT2D eigenvalue weighted by atomic mass is 9.90. The van der Waals surface area contributed by atoms with Crippen molar-refractivity contribution in [2.45, 2.75) is 18.5 Å². The number of carbonyl (C=O) groups is 1. The van der Waals surface area contributed by atoms with Gasteiger partial charge >= 0.3 is 5.97 Å². The average molecular weight is 352 g/mol. The number of H-pyrrole nitrogens is 1. The summed E-state index contributed by atoms with van der Waals surface area (Å²) in [6.07, 6.45) is 0.428. The number of ether oxygens (including phenoxy) is 2. The van der Waals surface area contributed by atoms with E-state index in [1.165, 1.54) is 0 Å². The predicted molar refractivity (Wildman–Crippen MR) is 98.0 cm³/mol. The third-order valence-electron chi connectivity index (χ3n) is 4.95. The van der Waals surface area contributed by atoms with Crippen molar-refractivity contribution in [1.29, 1.82) is 0 Å². The molecule has 3 aromatic rings. The van der Waals surface area contributed by atoms with Gasteiger partial charge in [-0.3, -0.25) is 10.1 Å². The molecular weight excluding hydrogens is 332 g/mol. The van der Waals surface area contributed by atoms with E-state index < -0.39 is 12.0 Å². The molecule has 0 unspecified atom stereocenters. The molecule has 0 spiro atoms. The van der Waals surface area contributed by atoms with E-state index in [-0.39, 0.29) is 6.04 Å². The number of aliphatic carboxylic acids is 1. The summed E-state index contributed by atoms with van der Waals surface area (Å²) in [5.74, 6) is 0.345. The molecule has 1 aliphatic heterocycles. The average Bonchev–Trinajstić information content (AvgIpc) is 3.05. The van der Waals surface area contributed by atoms with Crippen molar-refractivity contribution in [1.82, 2.24) is 10.3 Å². The summed E-state index contributed by atoms with van der Waals surface area (Å²) in [7, 11) is 3.18. The Hall–Kier alpha value is -2.99. The van der Waals surface area contributed by atoms with Gasteiger partial charge in [-0.15, -0.1) is 0 Å². The number of rotatable bonds is 4. The molecule has 1 aliphatic rings. The minimum Gasteiger partial charge on any atom is -0.493 e. The maximum absolute atomic E-state index is 11.7. The van der Waals surface area contributed by atoms with Crippen LogP contribution in [0.3, 0.4) is 0 Å². The number of carboxylic acids is 1. The lowest BCUT2D eigenvalue weighted by molar-refractivity contribution is -0.139. The van der Waals surface area contributed by atoms with Crippen LogP contribution in [0.1, 0.15) is 22.9 Å². The SMILES string of the molecule is COc1cccc([C@H]2N[C@@H](C(=O)O)Cc3c2[nH]c2ccccc32)c1OC. The maximum atomic E-state index is 11.7. The second kappa shape index (κ2) is 6.38. The van der Waals surface area contributed by atoms with Crippen LogP contribution in [-0.4, -0.2) is 36.3 Å². The number of hydrogen-bond donors (Lipinski definition) is 3. The highest BCUT2D eigenvalue weighted by molar-refractivity contribution is 5.87. The van der Waals surface area contributed by atoms with E-state index in [0.717, 1.165) is 27.7 Å².